The number of amides is 1. The first-order chi connectivity index (χ1) is 7.27. The Morgan fingerprint density at radius 2 is 1.73 bits per heavy atom. The lowest BCUT2D eigenvalue weighted by Crippen LogP contribution is -2.49. The fraction of sp³-hybridized carbons (Fsp3) is 0.909. The maximum absolute atomic E-state index is 11.2. The molecule has 0 radical (unpaired) electrons. The molecule has 0 aromatic heterocycles. The summed E-state index contributed by atoms with van der Waals surface area (Å²) < 4.78 is 5.34. The van der Waals surface area contributed by atoms with Gasteiger partial charge in [-0.15, -0.1) is 0 Å². The van der Waals surface area contributed by atoms with Gasteiger partial charge in [-0.2, -0.15) is 0 Å². The van der Waals surface area contributed by atoms with Crippen molar-refractivity contribution < 1.29 is 9.53 Å². The van der Waals surface area contributed by atoms with Crippen molar-refractivity contribution in [2.24, 2.45) is 0 Å². The van der Waals surface area contributed by atoms with Gasteiger partial charge >= 0.3 is 0 Å². The molecular weight excluding hydrogens is 192 g/mol. The molecule has 2 aliphatic heterocycles. The topological polar surface area (TPSA) is 32.8 Å². The Hall–Kier alpha value is -0.610. The highest BCUT2D eigenvalue weighted by molar-refractivity contribution is 5.73. The van der Waals surface area contributed by atoms with Crippen LogP contribution in [0.1, 0.15) is 19.8 Å². The van der Waals surface area contributed by atoms with Gasteiger partial charge in [0.2, 0.25) is 5.91 Å². The monoisotopic (exact) mass is 212 g/mol. The SMILES string of the molecule is CC(=O)N1CCC(N2CCOCC2)CC1. The minimum absolute atomic E-state index is 0.218. The second-order valence-electron chi connectivity index (χ2n) is 4.39. The van der Waals surface area contributed by atoms with Crippen molar-refractivity contribution in [2.75, 3.05) is 39.4 Å². The van der Waals surface area contributed by atoms with Gasteiger partial charge in [0.25, 0.3) is 0 Å². The molecule has 0 atom stereocenters. The number of piperidine rings is 1. The molecule has 2 aliphatic rings. The Morgan fingerprint density at radius 1 is 1.13 bits per heavy atom. The van der Waals surface area contributed by atoms with Crippen LogP contribution in [0, 0.1) is 0 Å². The van der Waals surface area contributed by atoms with E-state index in [0.29, 0.717) is 6.04 Å². The lowest BCUT2D eigenvalue weighted by molar-refractivity contribution is -0.130. The van der Waals surface area contributed by atoms with Crippen molar-refractivity contribution in [1.29, 1.82) is 0 Å². The smallest absolute Gasteiger partial charge is 0.219 e. The summed E-state index contributed by atoms with van der Waals surface area (Å²) >= 11 is 0. The van der Waals surface area contributed by atoms with Crippen LogP contribution in [0.4, 0.5) is 0 Å². The Labute approximate surface area is 91.2 Å². The first kappa shape index (κ1) is 10.9. The van der Waals surface area contributed by atoms with Crippen LogP contribution in [-0.4, -0.2) is 61.1 Å². The maximum Gasteiger partial charge on any atom is 0.219 e. The lowest BCUT2D eigenvalue weighted by atomic mass is 10.0. The summed E-state index contributed by atoms with van der Waals surface area (Å²) in [5, 5.41) is 0. The molecule has 0 aliphatic carbocycles. The molecule has 2 heterocycles. The first-order valence-electron chi connectivity index (χ1n) is 5.84. The van der Waals surface area contributed by atoms with E-state index in [9.17, 15) is 4.79 Å². The van der Waals surface area contributed by atoms with Crippen LogP contribution in [0.2, 0.25) is 0 Å². The average molecular weight is 212 g/mol. The van der Waals surface area contributed by atoms with Crippen molar-refractivity contribution >= 4 is 5.91 Å². The highest BCUT2D eigenvalue weighted by Crippen LogP contribution is 2.17. The average Bonchev–Trinajstić information content (AvgIpc) is 2.30. The van der Waals surface area contributed by atoms with Gasteiger partial charge in [-0.25, -0.2) is 0 Å². The van der Waals surface area contributed by atoms with Gasteiger partial charge in [0, 0.05) is 39.1 Å². The third kappa shape index (κ3) is 2.69. The molecule has 4 heteroatoms. The quantitative estimate of drug-likeness (QED) is 0.628. The molecular formula is C11H20N2O2. The molecule has 0 bridgehead atoms. The van der Waals surface area contributed by atoms with Gasteiger partial charge in [-0.3, -0.25) is 9.69 Å². The van der Waals surface area contributed by atoms with E-state index in [2.05, 4.69) is 4.90 Å². The van der Waals surface area contributed by atoms with Gasteiger partial charge < -0.3 is 9.64 Å². The first-order valence-corrected chi connectivity index (χ1v) is 5.84. The molecule has 0 aromatic rings. The van der Waals surface area contributed by atoms with E-state index in [1.807, 2.05) is 4.90 Å². The summed E-state index contributed by atoms with van der Waals surface area (Å²) in [5.41, 5.74) is 0. The standard InChI is InChI=1S/C11H20N2O2/c1-10(14)12-4-2-11(3-5-12)13-6-8-15-9-7-13/h11H,2-9H2,1H3. The fourth-order valence-electron chi connectivity index (χ4n) is 2.49. The second kappa shape index (κ2) is 4.94. The molecule has 0 unspecified atom stereocenters. The largest absolute Gasteiger partial charge is 0.379 e. The molecule has 4 nitrogen and oxygen atoms in total. The summed E-state index contributed by atoms with van der Waals surface area (Å²) in [6.07, 6.45) is 2.25. The molecule has 0 spiro atoms. The van der Waals surface area contributed by atoms with Crippen molar-refractivity contribution in [1.82, 2.24) is 9.80 Å². The zero-order valence-electron chi connectivity index (χ0n) is 9.45. The third-order valence-electron chi connectivity index (χ3n) is 3.47. The highest BCUT2D eigenvalue weighted by Gasteiger charge is 2.26. The van der Waals surface area contributed by atoms with Gasteiger partial charge in [0.05, 0.1) is 13.2 Å². The van der Waals surface area contributed by atoms with Gasteiger partial charge in [0.1, 0.15) is 0 Å². The van der Waals surface area contributed by atoms with Crippen molar-refractivity contribution in [3.63, 3.8) is 0 Å². The van der Waals surface area contributed by atoms with E-state index in [-0.39, 0.29) is 5.91 Å². The molecule has 0 saturated carbocycles. The molecule has 1 amide bonds. The Bertz CT molecular complexity index is 219. The summed E-state index contributed by atoms with van der Waals surface area (Å²) in [4.78, 5) is 15.6. The van der Waals surface area contributed by atoms with Gasteiger partial charge in [-0.1, -0.05) is 0 Å². The number of ether oxygens (including phenoxy) is 1. The van der Waals surface area contributed by atoms with Crippen molar-refractivity contribution in [2.45, 2.75) is 25.8 Å². The number of hydrogen-bond donors (Lipinski definition) is 0. The number of rotatable bonds is 1. The molecule has 0 N–H and O–H groups in total. The van der Waals surface area contributed by atoms with Crippen LogP contribution in [0.3, 0.4) is 0 Å². The molecule has 2 saturated heterocycles. The van der Waals surface area contributed by atoms with E-state index < -0.39 is 0 Å². The van der Waals surface area contributed by atoms with Crippen LogP contribution in [0.15, 0.2) is 0 Å². The summed E-state index contributed by atoms with van der Waals surface area (Å²) in [6, 6.07) is 0.671. The number of nitrogens with zero attached hydrogens (tertiary/aromatic N) is 2. The van der Waals surface area contributed by atoms with Gasteiger partial charge in [-0.05, 0) is 12.8 Å². The number of morpholine rings is 1. The summed E-state index contributed by atoms with van der Waals surface area (Å²) in [7, 11) is 0. The fourth-order valence-corrected chi connectivity index (χ4v) is 2.49. The maximum atomic E-state index is 11.2. The second-order valence-corrected chi connectivity index (χ2v) is 4.39. The molecule has 86 valence electrons. The van der Waals surface area contributed by atoms with Crippen LogP contribution >= 0.6 is 0 Å². The molecule has 2 fully saturated rings. The van der Waals surface area contributed by atoms with E-state index in [1.54, 1.807) is 6.92 Å². The van der Waals surface area contributed by atoms with Gasteiger partial charge in [0.15, 0.2) is 0 Å². The number of carbonyl (C=O) groups excluding carboxylic acids is 1. The van der Waals surface area contributed by atoms with E-state index in [4.69, 9.17) is 4.74 Å². The molecule has 0 aromatic carbocycles. The van der Waals surface area contributed by atoms with E-state index in [1.165, 1.54) is 0 Å². The lowest BCUT2D eigenvalue weighted by Gasteiger charge is -2.39. The Kier molecular flexibility index (Phi) is 3.59. The minimum atomic E-state index is 0.218. The summed E-state index contributed by atoms with van der Waals surface area (Å²) in [6.45, 7) is 7.37. The number of carbonyl (C=O) groups is 1. The minimum Gasteiger partial charge on any atom is -0.379 e. The van der Waals surface area contributed by atoms with Crippen LogP contribution in [-0.2, 0) is 9.53 Å². The van der Waals surface area contributed by atoms with Crippen molar-refractivity contribution in [3.8, 4) is 0 Å². The molecule has 2 rings (SSSR count). The normalized spacial score (nSPS) is 25.5. The zero-order chi connectivity index (χ0) is 10.7. The predicted molar refractivity (Wildman–Crippen MR) is 57.7 cm³/mol. The highest BCUT2D eigenvalue weighted by atomic mass is 16.5. The predicted octanol–water partition coefficient (Wildman–Crippen LogP) is 0.329. The summed E-state index contributed by atoms with van der Waals surface area (Å²) in [5.74, 6) is 0.218. The molecule has 15 heavy (non-hydrogen) atoms. The zero-order valence-corrected chi connectivity index (χ0v) is 9.45. The number of likely N-dealkylation sites (tertiary alicyclic amines) is 1. The third-order valence-corrected chi connectivity index (χ3v) is 3.47. The van der Waals surface area contributed by atoms with Crippen LogP contribution in [0.5, 0.6) is 0 Å². The van der Waals surface area contributed by atoms with E-state index in [0.717, 1.165) is 52.2 Å². The van der Waals surface area contributed by atoms with E-state index >= 15 is 0 Å². The van der Waals surface area contributed by atoms with Crippen molar-refractivity contribution in [3.05, 3.63) is 0 Å². The Balaban J connectivity index is 1.79. The van der Waals surface area contributed by atoms with Crippen LogP contribution < -0.4 is 0 Å². The number of hydrogen-bond acceptors (Lipinski definition) is 3. The Morgan fingerprint density at radius 3 is 2.27 bits per heavy atom. The van der Waals surface area contributed by atoms with Crippen LogP contribution in [0.25, 0.3) is 0 Å².